The summed E-state index contributed by atoms with van der Waals surface area (Å²) in [5.74, 6) is -1.19. The molecular formula is C13H14N2O2. The van der Waals surface area contributed by atoms with Crippen molar-refractivity contribution in [3.63, 3.8) is 0 Å². The van der Waals surface area contributed by atoms with E-state index in [9.17, 15) is 4.79 Å². The van der Waals surface area contributed by atoms with Gasteiger partial charge in [-0.15, -0.1) is 0 Å². The van der Waals surface area contributed by atoms with Gasteiger partial charge in [-0.05, 0) is 30.2 Å². The largest absolute Gasteiger partial charge is 0.477 e. The molecule has 0 bridgehead atoms. The number of hydrogen-bond acceptors (Lipinski definition) is 3. The third-order valence-corrected chi connectivity index (χ3v) is 2.52. The van der Waals surface area contributed by atoms with Crippen molar-refractivity contribution in [1.29, 1.82) is 5.26 Å². The second-order valence-electron chi connectivity index (χ2n) is 3.86. The number of rotatable bonds is 3. The van der Waals surface area contributed by atoms with Crippen LogP contribution in [0, 0.1) is 11.3 Å². The molecule has 0 aliphatic carbocycles. The first-order valence-corrected chi connectivity index (χ1v) is 5.09. The first-order valence-electron chi connectivity index (χ1n) is 5.09. The van der Waals surface area contributed by atoms with Crippen molar-refractivity contribution < 1.29 is 9.90 Å². The minimum Gasteiger partial charge on any atom is -0.477 e. The van der Waals surface area contributed by atoms with Crippen LogP contribution in [0.5, 0.6) is 0 Å². The number of carboxylic acid groups (broad SMARTS) is 1. The van der Waals surface area contributed by atoms with E-state index in [0.717, 1.165) is 11.3 Å². The highest BCUT2D eigenvalue weighted by Gasteiger charge is 2.11. The van der Waals surface area contributed by atoms with Crippen LogP contribution in [0.3, 0.4) is 0 Å². The zero-order chi connectivity index (χ0) is 13.0. The molecule has 0 aliphatic heterocycles. The van der Waals surface area contributed by atoms with E-state index in [2.05, 4.69) is 0 Å². The number of carboxylic acids is 1. The Balaban J connectivity index is 3.18. The zero-order valence-corrected chi connectivity index (χ0v) is 10.1. The van der Waals surface area contributed by atoms with Gasteiger partial charge in [-0.3, -0.25) is 0 Å². The fourth-order valence-electron chi connectivity index (χ4n) is 1.45. The topological polar surface area (TPSA) is 64.3 Å². The Hall–Kier alpha value is -2.28. The second kappa shape index (κ2) is 5.17. The number of aliphatic carboxylic acids is 1. The molecular weight excluding hydrogens is 216 g/mol. The molecule has 0 atom stereocenters. The van der Waals surface area contributed by atoms with Gasteiger partial charge in [0.2, 0.25) is 0 Å². The van der Waals surface area contributed by atoms with Crippen LogP contribution < -0.4 is 4.90 Å². The second-order valence-corrected chi connectivity index (χ2v) is 3.86. The summed E-state index contributed by atoms with van der Waals surface area (Å²) >= 11 is 0. The van der Waals surface area contributed by atoms with Crippen molar-refractivity contribution in [2.75, 3.05) is 19.0 Å². The van der Waals surface area contributed by atoms with Gasteiger partial charge in [-0.1, -0.05) is 12.1 Å². The van der Waals surface area contributed by atoms with E-state index in [-0.39, 0.29) is 5.57 Å². The summed E-state index contributed by atoms with van der Waals surface area (Å²) in [5.41, 5.74) is 2.03. The summed E-state index contributed by atoms with van der Waals surface area (Å²) in [5, 5.41) is 17.6. The minimum atomic E-state index is -1.19. The van der Waals surface area contributed by atoms with Gasteiger partial charge >= 0.3 is 5.97 Å². The smallest absolute Gasteiger partial charge is 0.346 e. The zero-order valence-electron chi connectivity index (χ0n) is 10.1. The first kappa shape index (κ1) is 12.8. The maximum atomic E-state index is 10.8. The molecule has 17 heavy (non-hydrogen) atoms. The molecule has 0 aliphatic rings. The standard InChI is InChI=1S/C13H14N2O2/c1-9(12(8-14)13(16)17)10-4-6-11(7-5-10)15(2)3/h4-7H,1-3H3,(H,16,17)/b12-9-. The summed E-state index contributed by atoms with van der Waals surface area (Å²) in [6, 6.07) is 9.10. The number of benzene rings is 1. The van der Waals surface area contributed by atoms with Crippen LogP contribution in [-0.2, 0) is 4.79 Å². The molecule has 0 saturated heterocycles. The molecule has 0 heterocycles. The highest BCUT2D eigenvalue weighted by Crippen LogP contribution is 2.21. The maximum Gasteiger partial charge on any atom is 0.346 e. The fraction of sp³-hybridized carbons (Fsp3) is 0.231. The van der Waals surface area contributed by atoms with Crippen molar-refractivity contribution >= 4 is 17.2 Å². The molecule has 0 radical (unpaired) electrons. The van der Waals surface area contributed by atoms with Crippen molar-refractivity contribution in [2.24, 2.45) is 0 Å². The Kier molecular flexibility index (Phi) is 3.89. The Bertz CT molecular complexity index is 493. The number of anilines is 1. The lowest BCUT2D eigenvalue weighted by Gasteiger charge is -2.12. The summed E-state index contributed by atoms with van der Waals surface area (Å²) < 4.78 is 0. The molecule has 0 unspecified atom stereocenters. The summed E-state index contributed by atoms with van der Waals surface area (Å²) in [4.78, 5) is 12.8. The van der Waals surface area contributed by atoms with Gasteiger partial charge in [-0.25, -0.2) is 4.79 Å². The van der Waals surface area contributed by atoms with Crippen LogP contribution in [-0.4, -0.2) is 25.2 Å². The van der Waals surface area contributed by atoms with E-state index in [1.165, 1.54) is 0 Å². The predicted molar refractivity (Wildman–Crippen MR) is 66.6 cm³/mol. The molecule has 1 aromatic rings. The van der Waals surface area contributed by atoms with Gasteiger partial charge in [0.1, 0.15) is 11.6 Å². The van der Waals surface area contributed by atoms with Crippen molar-refractivity contribution in [1.82, 2.24) is 0 Å². The van der Waals surface area contributed by atoms with Gasteiger partial charge in [0, 0.05) is 19.8 Å². The average Bonchev–Trinajstić information content (AvgIpc) is 2.29. The molecule has 0 spiro atoms. The SMILES string of the molecule is C/C(=C(\C#N)C(=O)O)c1ccc(N(C)C)cc1. The van der Waals surface area contributed by atoms with E-state index in [1.807, 2.05) is 43.3 Å². The predicted octanol–water partition coefficient (Wildman–Crippen LogP) is 2.13. The van der Waals surface area contributed by atoms with Crippen LogP contribution in [0.2, 0.25) is 0 Å². The molecule has 4 nitrogen and oxygen atoms in total. The molecule has 0 aromatic heterocycles. The molecule has 0 saturated carbocycles. The van der Waals surface area contributed by atoms with Gasteiger partial charge < -0.3 is 10.0 Å². The van der Waals surface area contributed by atoms with Crippen LogP contribution >= 0.6 is 0 Å². The number of nitrogens with zero attached hydrogens (tertiary/aromatic N) is 2. The Morgan fingerprint density at radius 3 is 2.18 bits per heavy atom. The lowest BCUT2D eigenvalue weighted by atomic mass is 10.0. The van der Waals surface area contributed by atoms with E-state index in [1.54, 1.807) is 13.0 Å². The van der Waals surface area contributed by atoms with Crippen LogP contribution in [0.25, 0.3) is 5.57 Å². The van der Waals surface area contributed by atoms with Crippen molar-refractivity contribution in [3.8, 4) is 6.07 Å². The monoisotopic (exact) mass is 230 g/mol. The van der Waals surface area contributed by atoms with E-state index in [0.29, 0.717) is 5.57 Å². The quantitative estimate of drug-likeness (QED) is 0.638. The van der Waals surface area contributed by atoms with E-state index in [4.69, 9.17) is 10.4 Å². The minimum absolute atomic E-state index is 0.220. The Morgan fingerprint density at radius 2 is 1.82 bits per heavy atom. The van der Waals surface area contributed by atoms with Crippen molar-refractivity contribution in [2.45, 2.75) is 6.92 Å². The number of hydrogen-bond donors (Lipinski definition) is 1. The Morgan fingerprint density at radius 1 is 1.29 bits per heavy atom. The van der Waals surface area contributed by atoms with Crippen LogP contribution in [0.4, 0.5) is 5.69 Å². The lowest BCUT2D eigenvalue weighted by molar-refractivity contribution is -0.132. The van der Waals surface area contributed by atoms with E-state index < -0.39 is 5.97 Å². The number of carbonyl (C=O) groups is 1. The Labute approximate surface area is 100 Å². The molecule has 88 valence electrons. The molecule has 4 heteroatoms. The van der Waals surface area contributed by atoms with Gasteiger partial charge in [-0.2, -0.15) is 5.26 Å². The van der Waals surface area contributed by atoms with Gasteiger partial charge in [0.05, 0.1) is 0 Å². The highest BCUT2D eigenvalue weighted by molar-refractivity contribution is 6.00. The third-order valence-electron chi connectivity index (χ3n) is 2.52. The fourth-order valence-corrected chi connectivity index (χ4v) is 1.45. The summed E-state index contributed by atoms with van der Waals surface area (Å²) in [7, 11) is 3.85. The molecule has 0 fully saturated rings. The number of allylic oxidation sites excluding steroid dienone is 1. The maximum absolute atomic E-state index is 10.8. The lowest BCUT2D eigenvalue weighted by Crippen LogP contribution is -2.08. The van der Waals surface area contributed by atoms with Crippen LogP contribution in [0.1, 0.15) is 12.5 Å². The molecule has 0 amide bonds. The molecule has 1 aromatic carbocycles. The van der Waals surface area contributed by atoms with Gasteiger partial charge in [0.15, 0.2) is 0 Å². The average molecular weight is 230 g/mol. The molecule has 1 N–H and O–H groups in total. The van der Waals surface area contributed by atoms with E-state index >= 15 is 0 Å². The van der Waals surface area contributed by atoms with Gasteiger partial charge in [0.25, 0.3) is 0 Å². The first-order chi connectivity index (χ1) is 7.97. The molecule has 1 rings (SSSR count). The van der Waals surface area contributed by atoms with Crippen molar-refractivity contribution in [3.05, 3.63) is 35.4 Å². The summed E-state index contributed by atoms with van der Waals surface area (Å²) in [6.07, 6.45) is 0. The van der Waals surface area contributed by atoms with Crippen LogP contribution in [0.15, 0.2) is 29.8 Å². The summed E-state index contributed by atoms with van der Waals surface area (Å²) in [6.45, 7) is 1.64. The normalized spacial score (nSPS) is 11.4. The highest BCUT2D eigenvalue weighted by atomic mass is 16.4. The number of nitriles is 1. The third kappa shape index (κ3) is 2.85.